The van der Waals surface area contributed by atoms with Crippen LogP contribution in [-0.4, -0.2) is 16.8 Å². The Balaban J connectivity index is 0.000000583. The molecule has 2 nitrogen and oxygen atoms in total. The van der Waals surface area contributed by atoms with E-state index in [1.54, 1.807) is 6.92 Å². The summed E-state index contributed by atoms with van der Waals surface area (Å²) in [5, 5.41) is 15.9. The predicted molar refractivity (Wildman–Crippen MR) is 40.7 cm³/mol. The Morgan fingerprint density at radius 3 is 1.27 bits per heavy atom. The molecule has 86 valence electrons. The van der Waals surface area contributed by atoms with Crippen molar-refractivity contribution in [3.05, 3.63) is 29.1 Å². The summed E-state index contributed by atoms with van der Waals surface area (Å²) in [6.07, 6.45) is 0. The third kappa shape index (κ3) is 2.79. The van der Waals surface area contributed by atoms with E-state index in [-0.39, 0.29) is 6.61 Å². The van der Waals surface area contributed by atoms with E-state index in [2.05, 4.69) is 0 Å². The molecule has 0 saturated carbocycles. The van der Waals surface area contributed by atoms with Gasteiger partial charge in [0.05, 0.1) is 0 Å². The summed E-state index contributed by atoms with van der Waals surface area (Å²) in [5.74, 6) is -12.9. The summed E-state index contributed by atoms with van der Waals surface area (Å²) in [7, 11) is 0. The van der Waals surface area contributed by atoms with Crippen LogP contribution >= 0.6 is 0 Å². The first kappa shape index (κ1) is 13.6. The largest absolute Gasteiger partial charge is 0.503 e. The lowest BCUT2D eigenvalue weighted by molar-refractivity contribution is 0.318. The highest BCUT2D eigenvalue weighted by Crippen LogP contribution is 2.27. The second kappa shape index (κ2) is 5.50. The molecule has 0 aliphatic rings. The number of hydrogen-bond donors (Lipinski definition) is 2. The van der Waals surface area contributed by atoms with Gasteiger partial charge in [0.15, 0.2) is 5.75 Å². The van der Waals surface area contributed by atoms with Crippen LogP contribution < -0.4 is 0 Å². The molecule has 0 unspecified atom stereocenters. The van der Waals surface area contributed by atoms with Crippen molar-refractivity contribution in [1.29, 1.82) is 0 Å². The summed E-state index contributed by atoms with van der Waals surface area (Å²) in [5.41, 5.74) is 0. The number of phenols is 1. The van der Waals surface area contributed by atoms with E-state index < -0.39 is 34.8 Å². The van der Waals surface area contributed by atoms with Gasteiger partial charge in [-0.05, 0) is 6.92 Å². The molecule has 0 amide bonds. The fourth-order valence-corrected chi connectivity index (χ4v) is 0.593. The molecule has 1 aromatic rings. The van der Waals surface area contributed by atoms with Crippen molar-refractivity contribution < 1.29 is 32.2 Å². The van der Waals surface area contributed by atoms with Gasteiger partial charge >= 0.3 is 0 Å². The monoisotopic (exact) mass is 230 g/mol. The van der Waals surface area contributed by atoms with Crippen molar-refractivity contribution in [3.63, 3.8) is 0 Å². The number of aliphatic hydroxyl groups excluding tert-OH is 1. The molecule has 0 spiro atoms. The second-order valence-electron chi connectivity index (χ2n) is 2.23. The summed E-state index contributed by atoms with van der Waals surface area (Å²) in [4.78, 5) is 0. The molecular weight excluding hydrogens is 223 g/mol. The zero-order chi connectivity index (χ0) is 12.2. The summed E-state index contributed by atoms with van der Waals surface area (Å²) in [6, 6.07) is 0. The van der Waals surface area contributed by atoms with E-state index in [0.717, 1.165) is 0 Å². The number of aromatic hydroxyl groups is 1. The third-order valence-corrected chi connectivity index (χ3v) is 1.19. The van der Waals surface area contributed by atoms with Crippen LogP contribution in [-0.2, 0) is 0 Å². The number of rotatable bonds is 0. The Kier molecular flexibility index (Phi) is 4.99. The van der Waals surface area contributed by atoms with Crippen LogP contribution in [0.4, 0.5) is 22.0 Å². The number of aliphatic hydroxyl groups is 1. The Bertz CT molecular complexity index is 248. The van der Waals surface area contributed by atoms with Crippen molar-refractivity contribution >= 4 is 0 Å². The first-order chi connectivity index (χ1) is 6.88. The highest BCUT2D eigenvalue weighted by atomic mass is 19.2. The summed E-state index contributed by atoms with van der Waals surface area (Å²) < 4.78 is 60.6. The topological polar surface area (TPSA) is 40.5 Å². The van der Waals surface area contributed by atoms with E-state index in [9.17, 15) is 22.0 Å². The van der Waals surface area contributed by atoms with Crippen LogP contribution in [0.1, 0.15) is 6.92 Å². The summed E-state index contributed by atoms with van der Waals surface area (Å²) >= 11 is 0. The third-order valence-electron chi connectivity index (χ3n) is 1.19. The van der Waals surface area contributed by atoms with Crippen LogP contribution in [0.3, 0.4) is 0 Å². The van der Waals surface area contributed by atoms with E-state index in [4.69, 9.17) is 10.2 Å². The molecule has 2 N–H and O–H groups in total. The Labute approximate surface area is 81.6 Å². The molecule has 0 atom stereocenters. The minimum atomic E-state index is -2.29. The Morgan fingerprint density at radius 2 is 1.00 bits per heavy atom. The molecular formula is C8H7F5O2. The normalized spacial score (nSPS) is 9.53. The zero-order valence-corrected chi connectivity index (χ0v) is 7.49. The number of phenolic OH excluding ortho intramolecular Hbond substituents is 1. The minimum Gasteiger partial charge on any atom is -0.503 e. The van der Waals surface area contributed by atoms with Gasteiger partial charge in [0.1, 0.15) is 0 Å². The first-order valence-corrected chi connectivity index (χ1v) is 3.69. The average Bonchev–Trinajstić information content (AvgIpc) is 2.22. The average molecular weight is 230 g/mol. The molecule has 0 bridgehead atoms. The molecule has 0 aliphatic heterocycles. The maximum Gasteiger partial charge on any atom is 0.206 e. The van der Waals surface area contributed by atoms with E-state index in [0.29, 0.717) is 0 Å². The molecule has 0 fully saturated rings. The van der Waals surface area contributed by atoms with Crippen molar-refractivity contribution in [3.8, 4) is 5.75 Å². The predicted octanol–water partition coefficient (Wildman–Crippen LogP) is 2.09. The van der Waals surface area contributed by atoms with Crippen molar-refractivity contribution in [2.45, 2.75) is 6.92 Å². The number of halogens is 5. The molecule has 0 heterocycles. The Hall–Kier alpha value is -1.37. The smallest absolute Gasteiger partial charge is 0.206 e. The van der Waals surface area contributed by atoms with Crippen LogP contribution in [0.25, 0.3) is 0 Å². The van der Waals surface area contributed by atoms with Gasteiger partial charge in [-0.3, -0.25) is 0 Å². The van der Waals surface area contributed by atoms with Crippen LogP contribution in [0, 0.1) is 29.1 Å². The Morgan fingerprint density at radius 1 is 0.800 bits per heavy atom. The van der Waals surface area contributed by atoms with Gasteiger partial charge < -0.3 is 10.2 Å². The van der Waals surface area contributed by atoms with E-state index in [1.165, 1.54) is 0 Å². The van der Waals surface area contributed by atoms with E-state index >= 15 is 0 Å². The lowest BCUT2D eigenvalue weighted by Gasteiger charge is -2.00. The first-order valence-electron chi connectivity index (χ1n) is 3.69. The van der Waals surface area contributed by atoms with Crippen molar-refractivity contribution in [2.24, 2.45) is 0 Å². The highest BCUT2D eigenvalue weighted by molar-refractivity contribution is 5.27. The molecule has 1 aromatic carbocycles. The minimum absolute atomic E-state index is 0.250. The van der Waals surface area contributed by atoms with E-state index in [1.807, 2.05) is 0 Å². The fraction of sp³-hybridized carbons (Fsp3) is 0.250. The second-order valence-corrected chi connectivity index (χ2v) is 2.23. The summed E-state index contributed by atoms with van der Waals surface area (Å²) in [6.45, 7) is 1.93. The van der Waals surface area contributed by atoms with Crippen LogP contribution in [0.15, 0.2) is 0 Å². The van der Waals surface area contributed by atoms with Gasteiger partial charge in [0.25, 0.3) is 0 Å². The maximum atomic E-state index is 12.2. The lowest BCUT2D eigenvalue weighted by Crippen LogP contribution is -2.00. The van der Waals surface area contributed by atoms with Gasteiger partial charge in [-0.15, -0.1) is 0 Å². The quantitative estimate of drug-likeness (QED) is 0.407. The molecule has 15 heavy (non-hydrogen) atoms. The highest BCUT2D eigenvalue weighted by Gasteiger charge is 2.24. The van der Waals surface area contributed by atoms with Crippen molar-refractivity contribution in [2.75, 3.05) is 6.61 Å². The van der Waals surface area contributed by atoms with Gasteiger partial charge in [-0.2, -0.15) is 8.78 Å². The van der Waals surface area contributed by atoms with Gasteiger partial charge in [-0.1, -0.05) is 0 Å². The van der Waals surface area contributed by atoms with Crippen LogP contribution in [0.2, 0.25) is 0 Å². The lowest BCUT2D eigenvalue weighted by atomic mass is 10.3. The SMILES string of the molecule is CCO.Oc1c(F)c(F)c(F)c(F)c1F. The fourth-order valence-electron chi connectivity index (χ4n) is 0.593. The zero-order valence-electron chi connectivity index (χ0n) is 7.49. The van der Waals surface area contributed by atoms with Crippen LogP contribution in [0.5, 0.6) is 5.75 Å². The van der Waals surface area contributed by atoms with Gasteiger partial charge in [-0.25, -0.2) is 13.2 Å². The van der Waals surface area contributed by atoms with Gasteiger partial charge in [0, 0.05) is 6.61 Å². The molecule has 0 aromatic heterocycles. The molecule has 0 saturated heterocycles. The van der Waals surface area contributed by atoms with Gasteiger partial charge in [0.2, 0.25) is 29.1 Å². The number of hydrogen-bond acceptors (Lipinski definition) is 2. The maximum absolute atomic E-state index is 12.2. The molecule has 0 radical (unpaired) electrons. The molecule has 1 rings (SSSR count). The van der Waals surface area contributed by atoms with Crippen molar-refractivity contribution in [1.82, 2.24) is 0 Å². The standard InChI is InChI=1S/C6HF5O.C2H6O/c7-1-2(8)4(10)6(12)5(11)3(1)9;1-2-3/h12H;3H,2H2,1H3. The molecule has 0 aliphatic carbocycles. The number of benzene rings is 1. The molecule has 7 heteroatoms.